The van der Waals surface area contributed by atoms with Crippen LogP contribution in [0, 0.1) is 9.49 Å². The molecule has 1 aliphatic rings. The molecule has 0 radical (unpaired) electrons. The van der Waals surface area contributed by atoms with Crippen LogP contribution in [0.25, 0.3) is 11.1 Å². The van der Waals surface area contributed by atoms with Crippen molar-refractivity contribution < 1.29 is 24.2 Å². The average Bonchev–Trinajstić information content (AvgIpc) is 3.15. The van der Waals surface area contributed by atoms with Crippen molar-refractivity contribution in [2.24, 2.45) is 5.92 Å². The van der Waals surface area contributed by atoms with Crippen molar-refractivity contribution in [1.29, 1.82) is 0 Å². The second-order valence-corrected chi connectivity index (χ2v) is 9.84. The highest BCUT2D eigenvalue weighted by Gasteiger charge is 2.29. The Labute approximate surface area is 217 Å². The van der Waals surface area contributed by atoms with E-state index in [1.165, 1.54) is 6.07 Å². The van der Waals surface area contributed by atoms with E-state index in [0.29, 0.717) is 14.8 Å². The van der Waals surface area contributed by atoms with Crippen molar-refractivity contribution >= 4 is 46.2 Å². The molecule has 0 heterocycles. The first-order chi connectivity index (χ1) is 16.8. The van der Waals surface area contributed by atoms with E-state index in [0.717, 1.165) is 22.3 Å². The van der Waals surface area contributed by atoms with E-state index in [2.05, 4.69) is 34.9 Å². The van der Waals surface area contributed by atoms with Gasteiger partial charge in [0, 0.05) is 15.1 Å². The van der Waals surface area contributed by atoms with Crippen LogP contribution in [0.1, 0.15) is 41.3 Å². The number of fused-ring (bicyclic) bond motifs is 3. The number of ether oxygens (including phenoxy) is 1. The van der Waals surface area contributed by atoms with Crippen LogP contribution in [0.2, 0.25) is 0 Å². The molecule has 4 rings (SSSR count). The molecule has 0 saturated heterocycles. The SMILES string of the molecule is CC(C)[C@@H](NC(=O)c1ccc(NC(=O)OCC2c3ccccc3-c3ccccc32)c(I)c1)C(=O)O. The van der Waals surface area contributed by atoms with Crippen LogP contribution in [-0.2, 0) is 9.53 Å². The lowest BCUT2D eigenvalue weighted by atomic mass is 9.98. The van der Waals surface area contributed by atoms with Gasteiger partial charge in [0.05, 0.1) is 5.69 Å². The first kappa shape index (κ1) is 24.7. The highest BCUT2D eigenvalue weighted by Crippen LogP contribution is 2.44. The summed E-state index contributed by atoms with van der Waals surface area (Å²) in [6.45, 7) is 3.65. The van der Waals surface area contributed by atoms with Crippen molar-refractivity contribution in [1.82, 2.24) is 5.32 Å². The topological polar surface area (TPSA) is 105 Å². The maximum Gasteiger partial charge on any atom is 0.411 e. The van der Waals surface area contributed by atoms with Crippen LogP contribution < -0.4 is 10.6 Å². The third kappa shape index (κ3) is 5.32. The number of aliphatic carboxylic acids is 1. The van der Waals surface area contributed by atoms with Gasteiger partial charge in [-0.25, -0.2) is 9.59 Å². The molecule has 1 atom stereocenters. The Morgan fingerprint density at radius 3 is 2.11 bits per heavy atom. The number of halogens is 1. The summed E-state index contributed by atoms with van der Waals surface area (Å²) >= 11 is 2.01. The molecule has 3 aromatic carbocycles. The van der Waals surface area contributed by atoms with Gasteiger partial charge in [-0.1, -0.05) is 62.4 Å². The molecule has 0 unspecified atom stereocenters. The largest absolute Gasteiger partial charge is 0.480 e. The Bertz CT molecular complexity index is 1240. The number of anilines is 1. The lowest BCUT2D eigenvalue weighted by molar-refractivity contribution is -0.140. The van der Waals surface area contributed by atoms with Crippen molar-refractivity contribution in [3.8, 4) is 11.1 Å². The Morgan fingerprint density at radius 1 is 0.971 bits per heavy atom. The number of carbonyl (C=O) groups is 3. The number of amides is 2. The van der Waals surface area contributed by atoms with Gasteiger partial charge in [0.1, 0.15) is 12.6 Å². The number of nitrogens with one attached hydrogen (secondary N) is 2. The molecular weight excluding hydrogens is 559 g/mol. The number of hydrogen-bond acceptors (Lipinski definition) is 4. The quantitative estimate of drug-likeness (QED) is 0.319. The molecule has 0 spiro atoms. The molecule has 35 heavy (non-hydrogen) atoms. The summed E-state index contributed by atoms with van der Waals surface area (Å²) in [5.41, 5.74) is 5.38. The van der Waals surface area contributed by atoms with Crippen molar-refractivity contribution in [2.45, 2.75) is 25.8 Å². The first-order valence-corrected chi connectivity index (χ1v) is 12.3. The molecule has 2 amide bonds. The molecule has 0 aliphatic heterocycles. The van der Waals surface area contributed by atoms with Crippen LogP contribution in [0.15, 0.2) is 66.7 Å². The lowest BCUT2D eigenvalue weighted by Gasteiger charge is -2.18. The highest BCUT2D eigenvalue weighted by atomic mass is 127. The zero-order chi connectivity index (χ0) is 25.1. The summed E-state index contributed by atoms with van der Waals surface area (Å²) in [5.74, 6) is -1.88. The van der Waals surface area contributed by atoms with E-state index < -0.39 is 24.0 Å². The molecule has 8 heteroatoms. The van der Waals surface area contributed by atoms with E-state index in [4.69, 9.17) is 4.74 Å². The molecular formula is C27H25IN2O5. The highest BCUT2D eigenvalue weighted by molar-refractivity contribution is 14.1. The minimum absolute atomic E-state index is 0.0403. The number of carboxylic acid groups (broad SMARTS) is 1. The summed E-state index contributed by atoms with van der Waals surface area (Å²) in [6, 6.07) is 20.0. The van der Waals surface area contributed by atoms with Crippen molar-refractivity contribution in [2.75, 3.05) is 11.9 Å². The number of hydrogen-bond donors (Lipinski definition) is 3. The van der Waals surface area contributed by atoms with E-state index in [1.54, 1.807) is 26.0 Å². The molecule has 7 nitrogen and oxygen atoms in total. The fourth-order valence-corrected chi connectivity index (χ4v) is 4.89. The lowest BCUT2D eigenvalue weighted by Crippen LogP contribution is -2.44. The van der Waals surface area contributed by atoms with Gasteiger partial charge in [-0.05, 0) is 69.0 Å². The van der Waals surface area contributed by atoms with Gasteiger partial charge in [-0.15, -0.1) is 0 Å². The van der Waals surface area contributed by atoms with Crippen LogP contribution in [0.5, 0.6) is 0 Å². The zero-order valence-corrected chi connectivity index (χ0v) is 21.4. The van der Waals surface area contributed by atoms with Crippen LogP contribution in [0.3, 0.4) is 0 Å². The van der Waals surface area contributed by atoms with Gasteiger partial charge in [0.2, 0.25) is 0 Å². The number of rotatable bonds is 7. The van der Waals surface area contributed by atoms with Crippen LogP contribution >= 0.6 is 22.6 Å². The minimum atomic E-state index is -1.09. The second-order valence-electron chi connectivity index (χ2n) is 8.68. The molecule has 180 valence electrons. The fourth-order valence-electron chi connectivity index (χ4n) is 4.24. The predicted molar refractivity (Wildman–Crippen MR) is 142 cm³/mol. The van der Waals surface area contributed by atoms with Gasteiger partial charge in [0.15, 0.2) is 0 Å². The number of carbonyl (C=O) groups excluding carboxylic acids is 2. The smallest absolute Gasteiger partial charge is 0.411 e. The molecule has 0 aromatic heterocycles. The van der Waals surface area contributed by atoms with E-state index >= 15 is 0 Å². The summed E-state index contributed by atoms with van der Waals surface area (Å²) in [6.07, 6.45) is -0.590. The summed E-state index contributed by atoms with van der Waals surface area (Å²) in [7, 11) is 0. The zero-order valence-electron chi connectivity index (χ0n) is 19.2. The number of carboxylic acids is 1. The predicted octanol–water partition coefficient (Wildman–Crippen LogP) is 5.49. The summed E-state index contributed by atoms with van der Waals surface area (Å²) < 4.78 is 6.21. The monoisotopic (exact) mass is 584 g/mol. The van der Waals surface area contributed by atoms with Crippen LogP contribution in [0.4, 0.5) is 10.5 Å². The maximum absolute atomic E-state index is 12.6. The van der Waals surface area contributed by atoms with Crippen LogP contribution in [-0.4, -0.2) is 35.7 Å². The minimum Gasteiger partial charge on any atom is -0.480 e. The van der Waals surface area contributed by atoms with Crippen molar-refractivity contribution in [3.05, 3.63) is 87.0 Å². The summed E-state index contributed by atoms with van der Waals surface area (Å²) in [4.78, 5) is 36.5. The fraction of sp³-hybridized carbons (Fsp3) is 0.222. The molecule has 0 saturated carbocycles. The standard InChI is InChI=1S/C27H25IN2O5/c1-15(2)24(26(32)33)30-25(31)16-11-12-23(22(28)13-16)29-27(34)35-14-21-19-9-5-3-7-17(19)18-8-4-6-10-20(18)21/h3-13,15,21,24H,14H2,1-2H3,(H,29,34)(H,30,31)(H,32,33)/t24-/m1/s1. The van der Waals surface area contributed by atoms with Gasteiger partial charge < -0.3 is 15.2 Å². The molecule has 1 aliphatic carbocycles. The molecule has 0 bridgehead atoms. The molecule has 3 N–H and O–H groups in total. The Hall–Kier alpha value is -3.40. The third-order valence-electron chi connectivity index (χ3n) is 6.03. The molecule has 0 fully saturated rings. The van der Waals surface area contributed by atoms with Crippen molar-refractivity contribution in [3.63, 3.8) is 0 Å². The van der Waals surface area contributed by atoms with E-state index in [-0.39, 0.29) is 18.4 Å². The van der Waals surface area contributed by atoms with E-state index in [1.807, 2.05) is 46.9 Å². The summed E-state index contributed by atoms with van der Waals surface area (Å²) in [5, 5.41) is 14.6. The second kappa shape index (κ2) is 10.5. The number of benzene rings is 3. The van der Waals surface area contributed by atoms with Gasteiger partial charge >= 0.3 is 12.1 Å². The Morgan fingerprint density at radius 2 is 1.57 bits per heavy atom. The van der Waals surface area contributed by atoms with E-state index in [9.17, 15) is 19.5 Å². The average molecular weight is 584 g/mol. The molecule has 3 aromatic rings. The van der Waals surface area contributed by atoms with Gasteiger partial charge in [-0.2, -0.15) is 0 Å². The normalized spacial score (nSPS) is 13.0. The van der Waals surface area contributed by atoms with Gasteiger partial charge in [0.25, 0.3) is 5.91 Å². The van der Waals surface area contributed by atoms with Gasteiger partial charge in [-0.3, -0.25) is 10.1 Å². The Balaban J connectivity index is 1.40. The Kier molecular flexibility index (Phi) is 7.39. The maximum atomic E-state index is 12.6. The first-order valence-electron chi connectivity index (χ1n) is 11.2. The third-order valence-corrected chi connectivity index (χ3v) is 6.92.